The zero-order valence-electron chi connectivity index (χ0n) is 10.6. The molecule has 0 saturated heterocycles. The summed E-state index contributed by atoms with van der Waals surface area (Å²) in [5, 5.41) is 14.0. The quantitative estimate of drug-likeness (QED) is 0.906. The molecular formula is C14H13NO4S. The minimum atomic E-state index is -0.890. The predicted molar refractivity (Wildman–Crippen MR) is 76.0 cm³/mol. The third-order valence-corrected chi connectivity index (χ3v) is 3.91. The summed E-state index contributed by atoms with van der Waals surface area (Å²) in [6.07, 6.45) is 0. The number of carboxylic acid groups (broad SMARTS) is 1. The van der Waals surface area contributed by atoms with Crippen LogP contribution >= 0.6 is 11.3 Å². The molecule has 1 aromatic heterocycles. The Bertz CT molecular complexity index is 638. The van der Waals surface area contributed by atoms with Gasteiger partial charge >= 0.3 is 5.97 Å². The molecule has 0 aliphatic carbocycles. The highest BCUT2D eigenvalue weighted by molar-refractivity contribution is 7.12. The van der Waals surface area contributed by atoms with E-state index in [1.54, 1.807) is 5.38 Å². The Labute approximate surface area is 119 Å². The minimum absolute atomic E-state index is 0.370. The van der Waals surface area contributed by atoms with E-state index in [1.165, 1.54) is 11.3 Å². The van der Waals surface area contributed by atoms with Crippen molar-refractivity contribution in [2.24, 2.45) is 0 Å². The Balaban J connectivity index is 1.72. The molecule has 0 saturated carbocycles. The van der Waals surface area contributed by atoms with E-state index in [0.717, 1.165) is 17.0 Å². The van der Waals surface area contributed by atoms with Crippen LogP contribution in [0.25, 0.3) is 0 Å². The van der Waals surface area contributed by atoms with Crippen molar-refractivity contribution >= 4 is 23.0 Å². The molecule has 0 spiro atoms. The summed E-state index contributed by atoms with van der Waals surface area (Å²) in [5.41, 5.74) is 1.65. The van der Waals surface area contributed by atoms with Gasteiger partial charge in [-0.1, -0.05) is 0 Å². The number of ether oxygens (including phenoxy) is 2. The van der Waals surface area contributed by atoms with E-state index in [4.69, 9.17) is 14.6 Å². The molecule has 0 unspecified atom stereocenters. The lowest BCUT2D eigenvalue weighted by molar-refractivity contribution is 0.0701. The van der Waals surface area contributed by atoms with E-state index in [1.807, 2.05) is 24.3 Å². The number of carbonyl (C=O) groups is 1. The first-order valence-electron chi connectivity index (χ1n) is 6.17. The maximum Gasteiger partial charge on any atom is 0.346 e. The second-order valence-corrected chi connectivity index (χ2v) is 5.21. The van der Waals surface area contributed by atoms with Crippen LogP contribution in [0.2, 0.25) is 0 Å². The van der Waals surface area contributed by atoms with E-state index >= 15 is 0 Å². The lowest BCUT2D eigenvalue weighted by Crippen LogP contribution is -2.15. The van der Waals surface area contributed by atoms with E-state index in [9.17, 15) is 4.79 Å². The van der Waals surface area contributed by atoms with Gasteiger partial charge < -0.3 is 19.9 Å². The average molecular weight is 291 g/mol. The average Bonchev–Trinajstić information content (AvgIpc) is 2.93. The maximum absolute atomic E-state index is 11.0. The van der Waals surface area contributed by atoms with Crippen LogP contribution in [0, 0.1) is 0 Å². The van der Waals surface area contributed by atoms with E-state index in [-0.39, 0.29) is 0 Å². The fourth-order valence-corrected chi connectivity index (χ4v) is 2.77. The van der Waals surface area contributed by atoms with E-state index in [2.05, 4.69) is 5.32 Å². The molecule has 0 radical (unpaired) electrons. The summed E-state index contributed by atoms with van der Waals surface area (Å²) >= 11 is 1.23. The van der Waals surface area contributed by atoms with Crippen LogP contribution in [0.15, 0.2) is 29.6 Å². The van der Waals surface area contributed by atoms with Crippen molar-refractivity contribution < 1.29 is 19.4 Å². The van der Waals surface area contributed by atoms with Crippen molar-refractivity contribution in [3.63, 3.8) is 0 Å². The number of aromatic carboxylic acids is 1. The zero-order chi connectivity index (χ0) is 13.9. The molecule has 104 valence electrons. The van der Waals surface area contributed by atoms with Crippen LogP contribution in [0.3, 0.4) is 0 Å². The van der Waals surface area contributed by atoms with Gasteiger partial charge in [-0.2, -0.15) is 0 Å². The number of thiophene rings is 1. The number of benzene rings is 1. The van der Waals surface area contributed by atoms with Gasteiger partial charge in [-0.25, -0.2) is 4.79 Å². The van der Waals surface area contributed by atoms with Gasteiger partial charge in [0.25, 0.3) is 0 Å². The van der Waals surface area contributed by atoms with Gasteiger partial charge in [0.05, 0.1) is 0 Å². The summed E-state index contributed by atoms with van der Waals surface area (Å²) in [4.78, 5) is 11.4. The molecule has 0 fully saturated rings. The molecule has 1 aromatic carbocycles. The van der Waals surface area contributed by atoms with Crippen LogP contribution in [-0.2, 0) is 6.54 Å². The highest BCUT2D eigenvalue weighted by Crippen LogP contribution is 2.32. The molecule has 2 aromatic rings. The first-order valence-corrected chi connectivity index (χ1v) is 7.05. The van der Waals surface area contributed by atoms with Gasteiger partial charge in [0.2, 0.25) is 0 Å². The molecule has 3 rings (SSSR count). The number of hydrogen-bond acceptors (Lipinski definition) is 5. The molecule has 6 heteroatoms. The van der Waals surface area contributed by atoms with Gasteiger partial charge in [0.15, 0.2) is 11.5 Å². The third-order valence-electron chi connectivity index (χ3n) is 2.97. The van der Waals surface area contributed by atoms with Crippen LogP contribution in [-0.4, -0.2) is 24.3 Å². The fourth-order valence-electron chi connectivity index (χ4n) is 2.01. The predicted octanol–water partition coefficient (Wildman–Crippen LogP) is 2.83. The second kappa shape index (κ2) is 5.42. The van der Waals surface area contributed by atoms with Crippen LogP contribution in [0.5, 0.6) is 11.5 Å². The Morgan fingerprint density at radius 3 is 2.85 bits per heavy atom. The largest absolute Gasteiger partial charge is 0.486 e. The Morgan fingerprint density at radius 2 is 2.05 bits per heavy atom. The Morgan fingerprint density at radius 1 is 1.25 bits per heavy atom. The van der Waals surface area contributed by atoms with Gasteiger partial charge in [-0.05, 0) is 29.1 Å². The van der Waals surface area contributed by atoms with E-state index in [0.29, 0.717) is 30.4 Å². The van der Waals surface area contributed by atoms with Gasteiger partial charge in [-0.15, -0.1) is 11.3 Å². The maximum atomic E-state index is 11.0. The fraction of sp³-hybridized carbons (Fsp3) is 0.214. The zero-order valence-corrected chi connectivity index (χ0v) is 11.4. The minimum Gasteiger partial charge on any atom is -0.486 e. The van der Waals surface area contributed by atoms with Gasteiger partial charge in [0, 0.05) is 18.3 Å². The van der Waals surface area contributed by atoms with Crippen molar-refractivity contribution in [3.8, 4) is 11.5 Å². The molecule has 2 N–H and O–H groups in total. The lowest BCUT2D eigenvalue weighted by atomic mass is 10.2. The van der Waals surface area contributed by atoms with Crippen LogP contribution in [0.4, 0.5) is 5.69 Å². The number of anilines is 1. The number of carboxylic acids is 1. The number of hydrogen-bond donors (Lipinski definition) is 2. The molecule has 1 aliphatic heterocycles. The normalized spacial score (nSPS) is 13.0. The third kappa shape index (κ3) is 2.55. The molecule has 0 bridgehead atoms. The first-order chi connectivity index (χ1) is 9.74. The standard InChI is InChI=1S/C14H13NO4S/c16-14(17)13-9(3-6-20-13)8-15-10-1-2-11-12(7-10)19-5-4-18-11/h1-3,6-7,15H,4-5,8H2,(H,16,17). The smallest absolute Gasteiger partial charge is 0.346 e. The van der Waals surface area contributed by atoms with Crippen molar-refractivity contribution in [2.75, 3.05) is 18.5 Å². The summed E-state index contributed by atoms with van der Waals surface area (Å²) in [6, 6.07) is 7.42. The van der Waals surface area contributed by atoms with Crippen molar-refractivity contribution in [1.29, 1.82) is 0 Å². The lowest BCUT2D eigenvalue weighted by Gasteiger charge is -2.19. The Kier molecular flexibility index (Phi) is 3.47. The first kappa shape index (κ1) is 12.8. The van der Waals surface area contributed by atoms with Crippen LogP contribution in [0.1, 0.15) is 15.2 Å². The summed E-state index contributed by atoms with van der Waals surface area (Å²) in [5.74, 6) is 0.563. The molecule has 2 heterocycles. The monoisotopic (exact) mass is 291 g/mol. The second-order valence-electron chi connectivity index (χ2n) is 4.29. The summed E-state index contributed by atoms with van der Waals surface area (Å²) < 4.78 is 11.0. The molecule has 0 amide bonds. The number of rotatable bonds is 4. The molecule has 1 aliphatic rings. The van der Waals surface area contributed by atoms with Crippen molar-refractivity contribution in [3.05, 3.63) is 40.1 Å². The highest BCUT2D eigenvalue weighted by atomic mass is 32.1. The molecular weight excluding hydrogens is 278 g/mol. The van der Waals surface area contributed by atoms with Gasteiger partial charge in [-0.3, -0.25) is 0 Å². The van der Waals surface area contributed by atoms with Crippen LogP contribution < -0.4 is 14.8 Å². The summed E-state index contributed by atoms with van der Waals surface area (Å²) in [6.45, 7) is 1.57. The molecule has 20 heavy (non-hydrogen) atoms. The van der Waals surface area contributed by atoms with E-state index < -0.39 is 5.97 Å². The SMILES string of the molecule is O=C(O)c1sccc1CNc1ccc2c(c1)OCCO2. The Hall–Kier alpha value is -2.21. The topological polar surface area (TPSA) is 67.8 Å². The number of fused-ring (bicyclic) bond motifs is 1. The van der Waals surface area contributed by atoms with Gasteiger partial charge in [0.1, 0.15) is 18.1 Å². The summed E-state index contributed by atoms with van der Waals surface area (Å²) in [7, 11) is 0. The van der Waals surface area contributed by atoms with Crippen molar-refractivity contribution in [2.45, 2.75) is 6.54 Å². The molecule has 5 nitrogen and oxygen atoms in total. The highest BCUT2D eigenvalue weighted by Gasteiger charge is 2.13. The van der Waals surface area contributed by atoms with Crippen molar-refractivity contribution in [1.82, 2.24) is 0 Å². The number of nitrogens with one attached hydrogen (secondary N) is 1. The molecule has 0 atom stereocenters.